The van der Waals surface area contributed by atoms with E-state index in [1.807, 2.05) is 24.3 Å². The van der Waals surface area contributed by atoms with Crippen molar-refractivity contribution in [3.8, 4) is 0 Å². The minimum Gasteiger partial charge on any atom is -0.375 e. The summed E-state index contributed by atoms with van der Waals surface area (Å²) in [5.41, 5.74) is 2.35. The Morgan fingerprint density at radius 2 is 1.82 bits per heavy atom. The number of hydrogen-bond acceptors (Lipinski definition) is 2. The maximum absolute atomic E-state index is 12.4. The van der Waals surface area contributed by atoms with Crippen LogP contribution in [0.5, 0.6) is 0 Å². The Morgan fingerprint density at radius 3 is 2.59 bits per heavy atom. The van der Waals surface area contributed by atoms with Gasteiger partial charge in [0, 0.05) is 16.8 Å². The molecule has 1 aliphatic heterocycles. The average Bonchev–Trinajstić information content (AvgIpc) is 2.37. The number of hydrogen-bond donors (Lipinski definition) is 1. The zero-order chi connectivity index (χ0) is 11.9. The van der Waals surface area contributed by atoms with Gasteiger partial charge in [0.1, 0.15) is 0 Å². The van der Waals surface area contributed by atoms with Gasteiger partial charge in [-0.15, -0.1) is 0 Å². The lowest BCUT2D eigenvalue weighted by atomic mass is 9.72. The van der Waals surface area contributed by atoms with Crippen molar-refractivity contribution >= 4 is 11.5 Å². The van der Waals surface area contributed by atoms with Crippen molar-refractivity contribution in [3.05, 3.63) is 42.0 Å². The molecule has 0 unspecified atom stereocenters. The molecule has 2 heteroatoms. The van der Waals surface area contributed by atoms with Gasteiger partial charge < -0.3 is 5.32 Å². The quantitative estimate of drug-likeness (QED) is 0.687. The maximum Gasteiger partial charge on any atom is 0.192 e. The number of Topliss-reactive ketones (excluding diaryl/α,β-unsaturated/α-hetero) is 1. The van der Waals surface area contributed by atoms with Gasteiger partial charge in [0.25, 0.3) is 0 Å². The lowest BCUT2D eigenvalue weighted by Crippen LogP contribution is -2.47. The molecule has 2 aliphatic rings. The number of rotatable bonds is 0. The van der Waals surface area contributed by atoms with Crippen LogP contribution < -0.4 is 5.32 Å². The molecule has 0 saturated heterocycles. The Bertz CT molecular complexity index is 483. The first-order chi connectivity index (χ1) is 8.23. The van der Waals surface area contributed by atoms with Crippen LogP contribution in [0.1, 0.15) is 42.5 Å². The number of para-hydroxylation sites is 1. The molecule has 0 atom stereocenters. The highest BCUT2D eigenvalue weighted by Crippen LogP contribution is 2.42. The molecule has 1 N–H and O–H groups in total. The number of benzene rings is 1. The summed E-state index contributed by atoms with van der Waals surface area (Å²) in [6.07, 6.45) is 5.70. The summed E-state index contributed by atoms with van der Waals surface area (Å²) in [7, 11) is 0. The van der Waals surface area contributed by atoms with Crippen LogP contribution in [0.2, 0.25) is 0 Å². The highest BCUT2D eigenvalue weighted by atomic mass is 16.1. The number of anilines is 1. The van der Waals surface area contributed by atoms with E-state index in [4.69, 9.17) is 0 Å². The number of fused-ring (bicyclic) bond motifs is 1. The first kappa shape index (κ1) is 10.6. The van der Waals surface area contributed by atoms with Crippen molar-refractivity contribution in [2.45, 2.75) is 37.6 Å². The van der Waals surface area contributed by atoms with Crippen molar-refractivity contribution in [2.75, 3.05) is 5.32 Å². The minimum atomic E-state index is -0.163. The first-order valence-corrected chi connectivity index (χ1v) is 6.34. The van der Waals surface area contributed by atoms with Crippen molar-refractivity contribution in [1.29, 1.82) is 0 Å². The van der Waals surface area contributed by atoms with E-state index >= 15 is 0 Å². The Labute approximate surface area is 102 Å². The van der Waals surface area contributed by atoms with E-state index in [9.17, 15) is 4.79 Å². The van der Waals surface area contributed by atoms with E-state index in [2.05, 4.69) is 11.9 Å². The highest BCUT2D eigenvalue weighted by molar-refractivity contribution is 6.15. The molecular formula is C15H17NO. The van der Waals surface area contributed by atoms with E-state index in [-0.39, 0.29) is 11.3 Å². The summed E-state index contributed by atoms with van der Waals surface area (Å²) in [5, 5.41) is 3.57. The largest absolute Gasteiger partial charge is 0.375 e. The molecule has 3 rings (SSSR count). The fraction of sp³-hybridized carbons (Fsp3) is 0.400. The molecule has 1 aromatic rings. The molecular weight excluding hydrogens is 210 g/mol. The van der Waals surface area contributed by atoms with Gasteiger partial charge in [0.05, 0.1) is 5.54 Å². The maximum atomic E-state index is 12.4. The van der Waals surface area contributed by atoms with E-state index in [0.717, 1.165) is 29.7 Å². The van der Waals surface area contributed by atoms with E-state index < -0.39 is 0 Å². The molecule has 1 saturated carbocycles. The molecule has 0 bridgehead atoms. The normalized spacial score (nSPS) is 22.1. The van der Waals surface area contributed by atoms with Crippen LogP contribution in [-0.4, -0.2) is 11.3 Å². The lowest BCUT2D eigenvalue weighted by Gasteiger charge is -2.43. The van der Waals surface area contributed by atoms with Gasteiger partial charge >= 0.3 is 0 Å². The van der Waals surface area contributed by atoms with E-state index in [0.29, 0.717) is 0 Å². The van der Waals surface area contributed by atoms with Crippen LogP contribution in [-0.2, 0) is 0 Å². The van der Waals surface area contributed by atoms with Gasteiger partial charge in [-0.1, -0.05) is 38.0 Å². The van der Waals surface area contributed by atoms with Gasteiger partial charge in [0.15, 0.2) is 5.78 Å². The van der Waals surface area contributed by atoms with Crippen molar-refractivity contribution < 1.29 is 4.79 Å². The topological polar surface area (TPSA) is 29.1 Å². The molecule has 0 aromatic heterocycles. The Hall–Kier alpha value is -1.57. The monoisotopic (exact) mass is 227 g/mol. The highest BCUT2D eigenvalue weighted by Gasteiger charge is 2.42. The summed E-state index contributed by atoms with van der Waals surface area (Å²) in [4.78, 5) is 12.4. The SMILES string of the molecule is C=C1C(=O)c2ccccc2NC12CCCCC2. The third-order valence-electron chi connectivity index (χ3n) is 4.10. The summed E-state index contributed by atoms with van der Waals surface area (Å²) < 4.78 is 0. The number of carbonyl (C=O) groups is 1. The summed E-state index contributed by atoms with van der Waals surface area (Å²) >= 11 is 0. The van der Waals surface area contributed by atoms with Gasteiger partial charge in [-0.2, -0.15) is 0 Å². The fourth-order valence-corrected chi connectivity index (χ4v) is 3.09. The first-order valence-electron chi connectivity index (χ1n) is 6.34. The molecule has 2 nitrogen and oxygen atoms in total. The third kappa shape index (κ3) is 1.51. The molecule has 1 aromatic carbocycles. The summed E-state index contributed by atoms with van der Waals surface area (Å²) in [6.45, 7) is 4.06. The van der Waals surface area contributed by atoms with Gasteiger partial charge in [-0.05, 0) is 25.0 Å². The Morgan fingerprint density at radius 1 is 1.12 bits per heavy atom. The standard InChI is InChI=1S/C15H17NO/c1-11-14(17)12-7-3-4-8-13(12)16-15(11)9-5-2-6-10-15/h3-4,7-8,16H,1-2,5-6,9-10H2. The molecule has 1 heterocycles. The predicted octanol–water partition coefficient (Wildman–Crippen LogP) is 3.55. The van der Waals surface area contributed by atoms with Crippen molar-refractivity contribution in [2.24, 2.45) is 0 Å². The van der Waals surface area contributed by atoms with Gasteiger partial charge in [-0.3, -0.25) is 4.79 Å². The summed E-state index contributed by atoms with van der Waals surface area (Å²) in [6, 6.07) is 7.76. The second-order valence-corrected chi connectivity index (χ2v) is 5.12. The third-order valence-corrected chi connectivity index (χ3v) is 4.10. The van der Waals surface area contributed by atoms with Crippen LogP contribution in [0.15, 0.2) is 36.4 Å². The fourth-order valence-electron chi connectivity index (χ4n) is 3.09. The summed E-state index contributed by atoms with van der Waals surface area (Å²) in [5.74, 6) is 0.126. The molecule has 1 aliphatic carbocycles. The van der Waals surface area contributed by atoms with Crippen LogP contribution in [0.3, 0.4) is 0 Å². The lowest BCUT2D eigenvalue weighted by molar-refractivity contribution is 0.101. The second-order valence-electron chi connectivity index (χ2n) is 5.12. The minimum absolute atomic E-state index is 0.126. The van der Waals surface area contributed by atoms with Gasteiger partial charge in [-0.25, -0.2) is 0 Å². The van der Waals surface area contributed by atoms with E-state index in [1.165, 1.54) is 19.3 Å². The molecule has 0 amide bonds. The van der Waals surface area contributed by atoms with Crippen LogP contribution in [0.4, 0.5) is 5.69 Å². The number of ketones is 1. The second kappa shape index (κ2) is 3.73. The predicted molar refractivity (Wildman–Crippen MR) is 69.4 cm³/mol. The van der Waals surface area contributed by atoms with Gasteiger partial charge in [0.2, 0.25) is 0 Å². The molecule has 1 spiro atoms. The van der Waals surface area contributed by atoms with Crippen LogP contribution in [0.25, 0.3) is 0 Å². The van der Waals surface area contributed by atoms with Crippen molar-refractivity contribution in [3.63, 3.8) is 0 Å². The van der Waals surface area contributed by atoms with E-state index in [1.54, 1.807) is 0 Å². The zero-order valence-corrected chi connectivity index (χ0v) is 9.96. The Kier molecular flexibility index (Phi) is 2.32. The molecule has 0 radical (unpaired) electrons. The average molecular weight is 227 g/mol. The Balaban J connectivity index is 2.06. The number of carbonyl (C=O) groups excluding carboxylic acids is 1. The zero-order valence-electron chi connectivity index (χ0n) is 9.96. The number of nitrogens with one attached hydrogen (secondary N) is 1. The van der Waals surface area contributed by atoms with Crippen LogP contribution in [0, 0.1) is 0 Å². The van der Waals surface area contributed by atoms with Crippen molar-refractivity contribution in [1.82, 2.24) is 0 Å². The molecule has 1 fully saturated rings. The smallest absolute Gasteiger partial charge is 0.192 e. The molecule has 88 valence electrons. The van der Waals surface area contributed by atoms with Crippen LogP contribution >= 0.6 is 0 Å². The molecule has 17 heavy (non-hydrogen) atoms.